The van der Waals surface area contributed by atoms with Crippen molar-refractivity contribution in [3.05, 3.63) is 66.2 Å². The van der Waals surface area contributed by atoms with Gasteiger partial charge in [0.2, 0.25) is 0 Å². The molecule has 4 rings (SSSR count). The molecule has 32 heavy (non-hydrogen) atoms. The predicted octanol–water partition coefficient (Wildman–Crippen LogP) is 3.66. The van der Waals surface area contributed by atoms with Gasteiger partial charge < -0.3 is 19.7 Å². The molecule has 0 radical (unpaired) electrons. The van der Waals surface area contributed by atoms with Crippen molar-refractivity contribution in [3.8, 4) is 17.0 Å². The van der Waals surface area contributed by atoms with E-state index in [4.69, 9.17) is 9.47 Å². The summed E-state index contributed by atoms with van der Waals surface area (Å²) in [4.78, 5) is 14.6. The molecule has 2 heterocycles. The molecule has 1 atom stereocenters. The van der Waals surface area contributed by atoms with Gasteiger partial charge in [-0.15, -0.1) is 10.2 Å². The highest BCUT2D eigenvalue weighted by atomic mass is 19.1. The van der Waals surface area contributed by atoms with Gasteiger partial charge in [-0.05, 0) is 43.3 Å². The lowest BCUT2D eigenvalue weighted by atomic mass is 10.1. The van der Waals surface area contributed by atoms with Crippen LogP contribution >= 0.6 is 0 Å². The standard InChI is InChI=1S/C23H22F2N4O3/c1-15(32-21-7-5-17(24)14-19(21)25)23(30)26-18-4-2-3-16(13-18)20-6-8-22(28-27-20)29-9-11-31-12-10-29/h2-8,13-15H,9-12H2,1H3,(H,26,30). The zero-order chi connectivity index (χ0) is 22.5. The number of nitrogens with zero attached hydrogens (tertiary/aromatic N) is 3. The van der Waals surface area contributed by atoms with E-state index in [0.717, 1.165) is 36.6 Å². The van der Waals surface area contributed by atoms with Crippen LogP contribution < -0.4 is 15.0 Å². The maximum atomic E-state index is 13.8. The summed E-state index contributed by atoms with van der Waals surface area (Å²) in [6.45, 7) is 4.37. The first-order valence-electron chi connectivity index (χ1n) is 10.2. The molecule has 7 nitrogen and oxygen atoms in total. The number of anilines is 2. The molecule has 0 aliphatic carbocycles. The van der Waals surface area contributed by atoms with E-state index >= 15 is 0 Å². The van der Waals surface area contributed by atoms with Gasteiger partial charge in [0.15, 0.2) is 23.5 Å². The number of nitrogens with one attached hydrogen (secondary N) is 1. The molecule has 2 aromatic carbocycles. The lowest BCUT2D eigenvalue weighted by Crippen LogP contribution is -2.36. The van der Waals surface area contributed by atoms with Gasteiger partial charge in [0.25, 0.3) is 5.91 Å². The molecule has 1 amide bonds. The molecule has 3 aromatic rings. The number of hydrogen-bond acceptors (Lipinski definition) is 6. The minimum Gasteiger partial charge on any atom is -0.478 e. The summed E-state index contributed by atoms with van der Waals surface area (Å²) in [5, 5.41) is 11.4. The average Bonchev–Trinajstić information content (AvgIpc) is 2.81. The van der Waals surface area contributed by atoms with E-state index in [2.05, 4.69) is 20.4 Å². The van der Waals surface area contributed by atoms with E-state index in [0.29, 0.717) is 30.7 Å². The van der Waals surface area contributed by atoms with Crippen molar-refractivity contribution in [1.29, 1.82) is 0 Å². The Morgan fingerprint density at radius 1 is 1.09 bits per heavy atom. The van der Waals surface area contributed by atoms with Gasteiger partial charge in [-0.25, -0.2) is 8.78 Å². The lowest BCUT2D eigenvalue weighted by molar-refractivity contribution is -0.122. The molecule has 1 fully saturated rings. The van der Waals surface area contributed by atoms with Crippen LogP contribution in [0.1, 0.15) is 6.92 Å². The van der Waals surface area contributed by atoms with Crippen LogP contribution in [0.15, 0.2) is 54.6 Å². The van der Waals surface area contributed by atoms with E-state index in [1.54, 1.807) is 18.2 Å². The summed E-state index contributed by atoms with van der Waals surface area (Å²) in [5.41, 5.74) is 1.97. The van der Waals surface area contributed by atoms with Crippen LogP contribution in [-0.2, 0) is 9.53 Å². The Morgan fingerprint density at radius 2 is 1.91 bits per heavy atom. The number of aromatic nitrogens is 2. The van der Waals surface area contributed by atoms with Crippen LogP contribution in [0, 0.1) is 11.6 Å². The van der Waals surface area contributed by atoms with Crippen LogP contribution in [0.3, 0.4) is 0 Å². The number of carbonyl (C=O) groups excluding carboxylic acids is 1. The van der Waals surface area contributed by atoms with Crippen molar-refractivity contribution in [1.82, 2.24) is 10.2 Å². The summed E-state index contributed by atoms with van der Waals surface area (Å²) < 4.78 is 37.5. The van der Waals surface area contributed by atoms with Gasteiger partial charge in [0, 0.05) is 30.4 Å². The minimum absolute atomic E-state index is 0.196. The number of morpholine rings is 1. The Morgan fingerprint density at radius 3 is 2.62 bits per heavy atom. The van der Waals surface area contributed by atoms with Gasteiger partial charge in [-0.2, -0.15) is 0 Å². The van der Waals surface area contributed by atoms with Crippen LogP contribution in [0.5, 0.6) is 5.75 Å². The summed E-state index contributed by atoms with van der Waals surface area (Å²) in [7, 11) is 0. The molecule has 1 aliphatic rings. The molecule has 9 heteroatoms. The smallest absolute Gasteiger partial charge is 0.265 e. The fourth-order valence-electron chi connectivity index (χ4n) is 3.26. The molecule has 0 spiro atoms. The number of rotatable bonds is 6. The summed E-state index contributed by atoms with van der Waals surface area (Å²) in [6.07, 6.45) is -0.994. The van der Waals surface area contributed by atoms with Crippen molar-refractivity contribution in [2.24, 2.45) is 0 Å². The Bertz CT molecular complexity index is 1090. The molecule has 166 valence electrons. The molecule has 1 aliphatic heterocycles. The third-order valence-corrected chi connectivity index (χ3v) is 4.98. The number of ether oxygens (including phenoxy) is 2. The highest BCUT2D eigenvalue weighted by Crippen LogP contribution is 2.23. The second-order valence-electron chi connectivity index (χ2n) is 7.28. The second kappa shape index (κ2) is 9.69. The largest absolute Gasteiger partial charge is 0.478 e. The molecule has 1 N–H and O–H groups in total. The van der Waals surface area contributed by atoms with Gasteiger partial charge in [-0.1, -0.05) is 12.1 Å². The van der Waals surface area contributed by atoms with Gasteiger partial charge in [0.05, 0.1) is 18.9 Å². The first-order valence-corrected chi connectivity index (χ1v) is 10.2. The quantitative estimate of drug-likeness (QED) is 0.631. The third-order valence-electron chi connectivity index (χ3n) is 4.98. The van der Waals surface area contributed by atoms with E-state index in [1.807, 2.05) is 18.2 Å². The van der Waals surface area contributed by atoms with Crippen LogP contribution in [0.4, 0.5) is 20.3 Å². The fraction of sp³-hybridized carbons (Fsp3) is 0.261. The molecular weight excluding hydrogens is 418 g/mol. The minimum atomic E-state index is -0.994. The van der Waals surface area contributed by atoms with Crippen molar-refractivity contribution in [2.45, 2.75) is 13.0 Å². The number of halogens is 2. The summed E-state index contributed by atoms with van der Waals surface area (Å²) in [6, 6.07) is 13.8. The lowest BCUT2D eigenvalue weighted by Gasteiger charge is -2.27. The van der Waals surface area contributed by atoms with Gasteiger partial charge >= 0.3 is 0 Å². The van der Waals surface area contributed by atoms with Crippen molar-refractivity contribution in [3.63, 3.8) is 0 Å². The van der Waals surface area contributed by atoms with Crippen molar-refractivity contribution < 1.29 is 23.0 Å². The van der Waals surface area contributed by atoms with Crippen molar-refractivity contribution in [2.75, 3.05) is 36.5 Å². The zero-order valence-electron chi connectivity index (χ0n) is 17.4. The highest BCUT2D eigenvalue weighted by molar-refractivity contribution is 5.94. The van der Waals surface area contributed by atoms with Crippen LogP contribution in [0.25, 0.3) is 11.3 Å². The summed E-state index contributed by atoms with van der Waals surface area (Å²) >= 11 is 0. The first-order chi connectivity index (χ1) is 15.5. The Labute approximate surface area is 184 Å². The van der Waals surface area contributed by atoms with E-state index in [-0.39, 0.29) is 5.75 Å². The topological polar surface area (TPSA) is 76.6 Å². The number of benzene rings is 2. The number of amides is 1. The van der Waals surface area contributed by atoms with E-state index < -0.39 is 23.6 Å². The molecular formula is C23H22F2N4O3. The van der Waals surface area contributed by atoms with Gasteiger partial charge in [-0.3, -0.25) is 4.79 Å². The second-order valence-corrected chi connectivity index (χ2v) is 7.28. The van der Waals surface area contributed by atoms with Crippen LogP contribution in [-0.4, -0.2) is 48.5 Å². The molecule has 0 bridgehead atoms. The normalized spacial score (nSPS) is 14.7. The Kier molecular flexibility index (Phi) is 6.55. The number of hydrogen-bond donors (Lipinski definition) is 1. The van der Waals surface area contributed by atoms with E-state index in [1.165, 1.54) is 6.92 Å². The summed E-state index contributed by atoms with van der Waals surface area (Å²) in [5.74, 6) is -1.46. The molecule has 1 aromatic heterocycles. The molecule has 1 saturated heterocycles. The maximum Gasteiger partial charge on any atom is 0.265 e. The first kappa shape index (κ1) is 21.6. The third kappa shape index (κ3) is 5.17. The number of carbonyl (C=O) groups is 1. The van der Waals surface area contributed by atoms with E-state index in [9.17, 15) is 13.6 Å². The molecule has 0 saturated carbocycles. The van der Waals surface area contributed by atoms with Gasteiger partial charge in [0.1, 0.15) is 5.82 Å². The fourth-order valence-corrected chi connectivity index (χ4v) is 3.26. The Balaban J connectivity index is 1.41. The average molecular weight is 440 g/mol. The Hall–Kier alpha value is -3.59. The molecule has 1 unspecified atom stereocenters. The zero-order valence-corrected chi connectivity index (χ0v) is 17.4. The predicted molar refractivity (Wildman–Crippen MR) is 116 cm³/mol. The monoisotopic (exact) mass is 440 g/mol. The highest BCUT2D eigenvalue weighted by Gasteiger charge is 2.18. The SMILES string of the molecule is CC(Oc1ccc(F)cc1F)C(=O)Nc1cccc(-c2ccc(N3CCOCC3)nn2)c1. The maximum absolute atomic E-state index is 13.8. The van der Waals surface area contributed by atoms with Crippen LogP contribution in [0.2, 0.25) is 0 Å². The van der Waals surface area contributed by atoms with Crippen molar-refractivity contribution >= 4 is 17.4 Å².